The zero-order valence-electron chi connectivity index (χ0n) is 34.7. The van der Waals surface area contributed by atoms with Crippen LogP contribution in [0.1, 0.15) is 181 Å². The molecule has 0 saturated carbocycles. The van der Waals surface area contributed by atoms with E-state index in [-0.39, 0.29) is 19.6 Å². The molecule has 1 heterocycles. The Morgan fingerprint density at radius 3 is 1.62 bits per heavy atom. The van der Waals surface area contributed by atoms with Crippen LogP contribution < -0.4 is 0 Å². The van der Waals surface area contributed by atoms with Crippen LogP contribution in [0, 0.1) is 0 Å². The van der Waals surface area contributed by atoms with Gasteiger partial charge in [-0.1, -0.05) is 173 Å². The minimum atomic E-state index is -1.61. The molecule has 1 saturated heterocycles. The van der Waals surface area contributed by atoms with Gasteiger partial charge in [0.05, 0.1) is 13.2 Å². The lowest BCUT2D eigenvalue weighted by atomic mass is 9.99. The Kier molecular flexibility index (Phi) is 33.6. The molecule has 6 atom stereocenters. The molecule has 4 N–H and O–H groups in total. The van der Waals surface area contributed by atoms with E-state index in [1.807, 2.05) is 18.2 Å². The Bertz CT molecular complexity index is 996. The van der Waals surface area contributed by atoms with Crippen LogP contribution in [0.4, 0.5) is 0 Å². The molecule has 0 aromatic carbocycles. The van der Waals surface area contributed by atoms with Gasteiger partial charge in [-0.3, -0.25) is 4.79 Å². The van der Waals surface area contributed by atoms with Crippen molar-refractivity contribution in [3.63, 3.8) is 0 Å². The molecule has 0 spiro atoms. The van der Waals surface area contributed by atoms with Crippen LogP contribution in [0.15, 0.2) is 36.5 Å². The fraction of sp³-hybridized carbons (Fsp3) is 0.822. The van der Waals surface area contributed by atoms with Crippen molar-refractivity contribution in [1.82, 2.24) is 0 Å². The van der Waals surface area contributed by atoms with Crippen molar-refractivity contribution in [2.45, 2.75) is 218 Å². The van der Waals surface area contributed by atoms with Crippen LogP contribution in [0.25, 0.3) is 0 Å². The number of aliphatic hydroxyl groups is 4. The first kappa shape index (κ1) is 50.9. The number of carbonyl (C=O) groups excluding carboxylic acids is 2. The van der Waals surface area contributed by atoms with Gasteiger partial charge in [-0.05, 0) is 32.1 Å². The predicted molar refractivity (Wildman–Crippen MR) is 219 cm³/mol. The summed E-state index contributed by atoms with van der Waals surface area (Å²) in [5, 5.41) is 40.0. The zero-order chi connectivity index (χ0) is 40.2. The number of allylic oxidation sites excluding steroid dienone is 5. The third-order valence-corrected chi connectivity index (χ3v) is 10.1. The zero-order valence-corrected chi connectivity index (χ0v) is 34.7. The van der Waals surface area contributed by atoms with E-state index >= 15 is 0 Å². The van der Waals surface area contributed by atoms with Crippen molar-refractivity contribution >= 4 is 11.9 Å². The van der Waals surface area contributed by atoms with E-state index in [1.54, 1.807) is 6.08 Å². The number of hydrogen-bond donors (Lipinski definition) is 4. The first-order valence-corrected chi connectivity index (χ1v) is 22.1. The van der Waals surface area contributed by atoms with Crippen molar-refractivity contribution in [3.05, 3.63) is 36.5 Å². The van der Waals surface area contributed by atoms with E-state index in [4.69, 9.17) is 18.9 Å². The average molecular weight is 781 g/mol. The molecule has 1 aliphatic heterocycles. The molecule has 0 amide bonds. The number of aliphatic hydroxyl groups excluding tert-OH is 4. The molecule has 0 aromatic heterocycles. The number of rotatable bonds is 36. The number of carbonyl (C=O) groups is 2. The summed E-state index contributed by atoms with van der Waals surface area (Å²) in [5.41, 5.74) is 0. The maximum absolute atomic E-state index is 12.7. The molecule has 320 valence electrons. The molecule has 0 aliphatic carbocycles. The van der Waals surface area contributed by atoms with Crippen molar-refractivity contribution in [3.8, 4) is 0 Å². The highest BCUT2D eigenvalue weighted by Gasteiger charge is 2.44. The Morgan fingerprint density at radius 1 is 0.600 bits per heavy atom. The molecular weight excluding hydrogens is 700 g/mol. The molecule has 10 heteroatoms. The van der Waals surface area contributed by atoms with Gasteiger partial charge in [-0.25, -0.2) is 4.79 Å². The monoisotopic (exact) mass is 781 g/mol. The lowest BCUT2D eigenvalue weighted by molar-refractivity contribution is -0.305. The molecule has 1 fully saturated rings. The van der Waals surface area contributed by atoms with Gasteiger partial charge < -0.3 is 39.4 Å². The van der Waals surface area contributed by atoms with Crippen LogP contribution in [0.3, 0.4) is 0 Å². The minimum Gasteiger partial charge on any atom is -0.458 e. The standard InChI is InChI=1S/C45H80O10/c1-3-5-7-9-11-13-15-17-19-21-23-25-27-29-31-33-40(47)52-36-38(37-53-45-44(51)43(50)42(49)39(35-46)55-45)54-41(48)34-32-30-28-26-24-22-20-18-16-14-12-10-8-6-4-2/h27-31,33,38-39,42-46,49-51H,3-26,32,34-37H2,1-2H3/b29-27+,30-28+,33-31+/t38-,39-,42+,43?,44?,45-/m0/s1. The maximum Gasteiger partial charge on any atom is 0.330 e. The smallest absolute Gasteiger partial charge is 0.330 e. The third-order valence-electron chi connectivity index (χ3n) is 10.1. The lowest BCUT2D eigenvalue weighted by Gasteiger charge is -2.39. The fourth-order valence-corrected chi connectivity index (χ4v) is 6.59. The van der Waals surface area contributed by atoms with Crippen molar-refractivity contribution in [1.29, 1.82) is 0 Å². The van der Waals surface area contributed by atoms with Crippen molar-refractivity contribution in [2.24, 2.45) is 0 Å². The average Bonchev–Trinajstić information content (AvgIpc) is 3.18. The lowest BCUT2D eigenvalue weighted by Crippen LogP contribution is -2.59. The molecule has 0 bridgehead atoms. The van der Waals surface area contributed by atoms with Crippen LogP contribution in [-0.4, -0.2) is 89.0 Å². The molecule has 1 rings (SSSR count). The summed E-state index contributed by atoms with van der Waals surface area (Å²) in [6, 6.07) is 0. The van der Waals surface area contributed by atoms with Gasteiger partial charge in [0.25, 0.3) is 0 Å². The first-order valence-electron chi connectivity index (χ1n) is 22.1. The molecule has 2 unspecified atom stereocenters. The Labute approximate surface area is 334 Å². The SMILES string of the molecule is CCCCCCCCCCCCC/C=C/C=C/C(=O)OC[C@@H](CO[C@H]1O[C@@H](CO)[C@@H](O)C(O)C1O)OC(=O)CC/C=C/CCCCCCCCCCCCC. The third kappa shape index (κ3) is 28.0. The van der Waals surface area contributed by atoms with Gasteiger partial charge in [0.15, 0.2) is 12.4 Å². The Morgan fingerprint density at radius 2 is 1.09 bits per heavy atom. The van der Waals surface area contributed by atoms with Crippen LogP contribution in [0.2, 0.25) is 0 Å². The minimum absolute atomic E-state index is 0.128. The second-order valence-electron chi connectivity index (χ2n) is 15.2. The van der Waals surface area contributed by atoms with Crippen LogP contribution in [-0.2, 0) is 28.5 Å². The molecular formula is C45H80O10. The second kappa shape index (κ2) is 36.3. The van der Waals surface area contributed by atoms with Gasteiger partial charge >= 0.3 is 11.9 Å². The van der Waals surface area contributed by atoms with E-state index in [2.05, 4.69) is 19.9 Å². The van der Waals surface area contributed by atoms with E-state index in [1.165, 1.54) is 134 Å². The van der Waals surface area contributed by atoms with E-state index < -0.39 is 55.4 Å². The Hall–Kier alpha value is -2.08. The van der Waals surface area contributed by atoms with Crippen LogP contribution in [0.5, 0.6) is 0 Å². The number of hydrogen-bond acceptors (Lipinski definition) is 10. The van der Waals surface area contributed by atoms with Crippen LogP contribution >= 0.6 is 0 Å². The summed E-state index contributed by atoms with van der Waals surface area (Å²) in [4.78, 5) is 25.1. The first-order chi connectivity index (χ1) is 26.8. The quantitative estimate of drug-likeness (QED) is 0.0159. The number of ether oxygens (including phenoxy) is 4. The summed E-state index contributed by atoms with van der Waals surface area (Å²) >= 11 is 0. The van der Waals surface area contributed by atoms with Gasteiger partial charge in [0, 0.05) is 12.5 Å². The molecule has 1 aliphatic rings. The fourth-order valence-electron chi connectivity index (χ4n) is 6.59. The predicted octanol–water partition coefficient (Wildman–Crippen LogP) is 9.11. The van der Waals surface area contributed by atoms with E-state index in [0.29, 0.717) is 6.42 Å². The molecule has 0 aromatic rings. The van der Waals surface area contributed by atoms with Gasteiger partial charge in [-0.2, -0.15) is 0 Å². The van der Waals surface area contributed by atoms with Crippen molar-refractivity contribution < 1.29 is 49.0 Å². The van der Waals surface area contributed by atoms with E-state index in [0.717, 1.165) is 25.7 Å². The molecule has 55 heavy (non-hydrogen) atoms. The Balaban J connectivity index is 2.41. The summed E-state index contributed by atoms with van der Waals surface area (Å²) in [6.45, 7) is 3.27. The largest absolute Gasteiger partial charge is 0.458 e. The summed E-state index contributed by atoms with van der Waals surface area (Å²) in [6.07, 6.45) is 33.7. The molecule has 0 radical (unpaired) electrons. The van der Waals surface area contributed by atoms with Crippen molar-refractivity contribution in [2.75, 3.05) is 19.8 Å². The maximum atomic E-state index is 12.7. The van der Waals surface area contributed by atoms with Gasteiger partial charge in [0.2, 0.25) is 0 Å². The highest BCUT2D eigenvalue weighted by molar-refractivity contribution is 5.82. The number of esters is 2. The van der Waals surface area contributed by atoms with Gasteiger partial charge in [0.1, 0.15) is 31.0 Å². The van der Waals surface area contributed by atoms with E-state index in [9.17, 15) is 30.0 Å². The summed E-state index contributed by atoms with van der Waals surface area (Å²) < 4.78 is 21.9. The second-order valence-corrected chi connectivity index (χ2v) is 15.2. The summed E-state index contributed by atoms with van der Waals surface area (Å²) in [7, 11) is 0. The number of unbranched alkanes of at least 4 members (excludes halogenated alkanes) is 22. The highest BCUT2D eigenvalue weighted by atomic mass is 16.7. The summed E-state index contributed by atoms with van der Waals surface area (Å²) in [5.74, 6) is -1.11. The normalized spacial score (nSPS) is 20.9. The topological polar surface area (TPSA) is 152 Å². The highest BCUT2D eigenvalue weighted by Crippen LogP contribution is 2.22. The van der Waals surface area contributed by atoms with Gasteiger partial charge in [-0.15, -0.1) is 0 Å². The molecule has 10 nitrogen and oxygen atoms in total.